The van der Waals surface area contributed by atoms with Crippen LogP contribution < -0.4 is 10.2 Å². The average molecular weight is 379 g/mol. The summed E-state index contributed by atoms with van der Waals surface area (Å²) in [6.45, 7) is 2.64. The maximum Gasteiger partial charge on any atom is 0.333 e. The predicted molar refractivity (Wildman–Crippen MR) is 97.4 cm³/mol. The first-order valence-corrected chi connectivity index (χ1v) is 8.60. The molecule has 26 heavy (non-hydrogen) atoms. The lowest BCUT2D eigenvalue weighted by Crippen LogP contribution is -2.41. The summed E-state index contributed by atoms with van der Waals surface area (Å²) in [5.41, 5.74) is 0.359. The van der Waals surface area contributed by atoms with Crippen molar-refractivity contribution >= 4 is 34.8 Å². The SMILES string of the molecule is Cc1nn(C)c(N2CCCC(C(=O)Nc3ccc(Cl)cn3)C2)c1[N+](=O)[O-]. The van der Waals surface area contributed by atoms with Gasteiger partial charge in [0.2, 0.25) is 11.7 Å². The lowest BCUT2D eigenvalue weighted by Gasteiger charge is -2.32. The quantitative estimate of drug-likeness (QED) is 0.647. The number of rotatable bonds is 4. The summed E-state index contributed by atoms with van der Waals surface area (Å²) in [4.78, 5) is 29.5. The number of pyridine rings is 1. The van der Waals surface area contributed by atoms with Gasteiger partial charge < -0.3 is 10.2 Å². The minimum Gasteiger partial charge on any atom is -0.350 e. The van der Waals surface area contributed by atoms with E-state index in [0.29, 0.717) is 41.9 Å². The third kappa shape index (κ3) is 3.62. The van der Waals surface area contributed by atoms with Crippen molar-refractivity contribution < 1.29 is 9.72 Å². The Labute approximate surface area is 155 Å². The van der Waals surface area contributed by atoms with E-state index < -0.39 is 4.92 Å². The topological polar surface area (TPSA) is 106 Å². The smallest absolute Gasteiger partial charge is 0.333 e. The Morgan fingerprint density at radius 2 is 2.23 bits per heavy atom. The summed E-state index contributed by atoms with van der Waals surface area (Å²) in [7, 11) is 1.68. The molecule has 0 aromatic carbocycles. The number of amides is 1. The Morgan fingerprint density at radius 3 is 2.88 bits per heavy atom. The molecule has 1 unspecified atom stereocenters. The standard InChI is InChI=1S/C16H19ClN6O3/c1-10-14(23(25)26)16(21(2)20-10)22-7-3-4-11(9-22)15(24)19-13-6-5-12(17)8-18-13/h5-6,8,11H,3-4,7,9H2,1-2H3,(H,18,19,24). The van der Waals surface area contributed by atoms with Crippen molar-refractivity contribution in [1.82, 2.24) is 14.8 Å². The second-order valence-electron chi connectivity index (χ2n) is 6.27. The minimum atomic E-state index is -0.418. The maximum absolute atomic E-state index is 12.6. The van der Waals surface area contributed by atoms with Crippen LogP contribution in [0, 0.1) is 23.0 Å². The summed E-state index contributed by atoms with van der Waals surface area (Å²) in [6, 6.07) is 3.29. The van der Waals surface area contributed by atoms with E-state index in [9.17, 15) is 14.9 Å². The third-order valence-corrected chi connectivity index (χ3v) is 4.64. The van der Waals surface area contributed by atoms with E-state index in [0.717, 1.165) is 6.42 Å². The van der Waals surface area contributed by atoms with Gasteiger partial charge in [0.1, 0.15) is 11.5 Å². The molecule has 0 saturated carbocycles. The minimum absolute atomic E-state index is 0.00655. The van der Waals surface area contributed by atoms with E-state index in [-0.39, 0.29) is 17.5 Å². The van der Waals surface area contributed by atoms with Crippen LogP contribution in [0.25, 0.3) is 0 Å². The third-order valence-electron chi connectivity index (χ3n) is 4.41. The van der Waals surface area contributed by atoms with Crippen molar-refractivity contribution in [2.75, 3.05) is 23.3 Å². The first-order valence-electron chi connectivity index (χ1n) is 8.22. The van der Waals surface area contributed by atoms with Crippen LogP contribution in [-0.4, -0.2) is 38.7 Å². The van der Waals surface area contributed by atoms with Crippen LogP contribution in [0.15, 0.2) is 18.3 Å². The number of aryl methyl sites for hydroxylation is 2. The normalized spacial score (nSPS) is 17.2. The number of anilines is 2. The highest BCUT2D eigenvalue weighted by atomic mass is 35.5. The van der Waals surface area contributed by atoms with Gasteiger partial charge in [-0.15, -0.1) is 0 Å². The Kier molecular flexibility index (Phi) is 5.08. The van der Waals surface area contributed by atoms with Gasteiger partial charge in [0.25, 0.3) is 0 Å². The summed E-state index contributed by atoms with van der Waals surface area (Å²) >= 11 is 5.80. The molecule has 1 aliphatic heterocycles. The van der Waals surface area contributed by atoms with E-state index in [2.05, 4.69) is 15.4 Å². The number of nitrogens with zero attached hydrogens (tertiary/aromatic N) is 5. The van der Waals surface area contributed by atoms with Crippen LogP contribution in [-0.2, 0) is 11.8 Å². The monoisotopic (exact) mass is 378 g/mol. The lowest BCUT2D eigenvalue weighted by molar-refractivity contribution is -0.384. The number of halogens is 1. The fourth-order valence-corrected chi connectivity index (χ4v) is 3.38. The zero-order valence-electron chi connectivity index (χ0n) is 14.5. The highest BCUT2D eigenvalue weighted by Gasteiger charge is 2.33. The Hall–Kier alpha value is -2.68. The number of hydrogen-bond donors (Lipinski definition) is 1. The van der Waals surface area contributed by atoms with E-state index in [1.54, 1.807) is 26.1 Å². The predicted octanol–water partition coefficient (Wildman–Crippen LogP) is 2.54. The van der Waals surface area contributed by atoms with Gasteiger partial charge >= 0.3 is 5.69 Å². The first-order chi connectivity index (χ1) is 12.4. The molecule has 138 valence electrons. The number of nitro groups is 1. The maximum atomic E-state index is 12.6. The number of carbonyl (C=O) groups excluding carboxylic acids is 1. The molecule has 1 saturated heterocycles. The summed E-state index contributed by atoms with van der Waals surface area (Å²) in [5, 5.41) is 18.8. The second kappa shape index (κ2) is 7.28. The van der Waals surface area contributed by atoms with Crippen LogP contribution in [0.2, 0.25) is 5.02 Å². The summed E-state index contributed by atoms with van der Waals surface area (Å²) < 4.78 is 1.51. The van der Waals surface area contributed by atoms with Crippen molar-refractivity contribution in [3.8, 4) is 0 Å². The van der Waals surface area contributed by atoms with Crippen molar-refractivity contribution in [3.05, 3.63) is 39.2 Å². The molecular formula is C16H19ClN6O3. The Morgan fingerprint density at radius 1 is 1.46 bits per heavy atom. The highest BCUT2D eigenvalue weighted by molar-refractivity contribution is 6.30. The number of carbonyl (C=O) groups is 1. The summed E-state index contributed by atoms with van der Waals surface area (Å²) in [5.74, 6) is 0.413. The molecule has 0 aliphatic carbocycles. The van der Waals surface area contributed by atoms with Crippen LogP contribution in [0.3, 0.4) is 0 Å². The van der Waals surface area contributed by atoms with E-state index >= 15 is 0 Å². The van der Waals surface area contributed by atoms with Crippen LogP contribution >= 0.6 is 11.6 Å². The van der Waals surface area contributed by atoms with Gasteiger partial charge in [-0.05, 0) is 31.9 Å². The van der Waals surface area contributed by atoms with Crippen LogP contribution in [0.1, 0.15) is 18.5 Å². The molecule has 1 atom stereocenters. The molecule has 0 spiro atoms. The molecular weight excluding hydrogens is 360 g/mol. The van der Waals surface area contributed by atoms with Gasteiger partial charge in [-0.2, -0.15) is 5.10 Å². The molecule has 2 aromatic heterocycles. The van der Waals surface area contributed by atoms with E-state index in [1.165, 1.54) is 10.9 Å². The van der Waals surface area contributed by atoms with Gasteiger partial charge in [-0.1, -0.05) is 11.6 Å². The largest absolute Gasteiger partial charge is 0.350 e. The molecule has 1 fully saturated rings. The molecule has 0 bridgehead atoms. The van der Waals surface area contributed by atoms with Crippen molar-refractivity contribution in [3.63, 3.8) is 0 Å². The highest BCUT2D eigenvalue weighted by Crippen LogP contribution is 2.33. The van der Waals surface area contributed by atoms with E-state index in [4.69, 9.17) is 11.6 Å². The number of nitrogens with one attached hydrogen (secondary N) is 1. The van der Waals surface area contributed by atoms with Gasteiger partial charge in [-0.3, -0.25) is 14.9 Å². The zero-order chi connectivity index (χ0) is 18.8. The molecule has 0 radical (unpaired) electrons. The second-order valence-corrected chi connectivity index (χ2v) is 6.71. The molecule has 2 aromatic rings. The number of hydrogen-bond acceptors (Lipinski definition) is 6. The van der Waals surface area contributed by atoms with Crippen molar-refractivity contribution in [2.45, 2.75) is 19.8 Å². The molecule has 3 rings (SSSR count). The Balaban J connectivity index is 1.76. The van der Waals surface area contributed by atoms with Gasteiger partial charge in [0.05, 0.1) is 15.9 Å². The molecule has 1 N–H and O–H groups in total. The van der Waals surface area contributed by atoms with Crippen molar-refractivity contribution in [1.29, 1.82) is 0 Å². The fraction of sp³-hybridized carbons (Fsp3) is 0.438. The van der Waals surface area contributed by atoms with Gasteiger partial charge in [0, 0.05) is 26.3 Å². The van der Waals surface area contributed by atoms with E-state index in [1.807, 2.05) is 4.90 Å². The molecule has 1 amide bonds. The van der Waals surface area contributed by atoms with Gasteiger partial charge in [-0.25, -0.2) is 9.67 Å². The number of piperidine rings is 1. The lowest BCUT2D eigenvalue weighted by atomic mass is 9.97. The first kappa shape index (κ1) is 18.1. The Bertz CT molecular complexity index is 835. The number of aromatic nitrogens is 3. The van der Waals surface area contributed by atoms with Crippen LogP contribution in [0.4, 0.5) is 17.3 Å². The summed E-state index contributed by atoms with van der Waals surface area (Å²) in [6.07, 6.45) is 2.93. The van der Waals surface area contributed by atoms with Crippen LogP contribution in [0.5, 0.6) is 0 Å². The zero-order valence-corrected chi connectivity index (χ0v) is 15.2. The fourth-order valence-electron chi connectivity index (χ4n) is 3.26. The van der Waals surface area contributed by atoms with Gasteiger partial charge in [0.15, 0.2) is 0 Å². The molecule has 3 heterocycles. The molecule has 1 aliphatic rings. The van der Waals surface area contributed by atoms with Crippen molar-refractivity contribution in [2.24, 2.45) is 13.0 Å². The molecule has 10 heteroatoms. The molecule has 9 nitrogen and oxygen atoms in total. The average Bonchev–Trinajstić information content (AvgIpc) is 2.91.